The van der Waals surface area contributed by atoms with Crippen LogP contribution in [0.1, 0.15) is 67.3 Å². The summed E-state index contributed by atoms with van der Waals surface area (Å²) < 4.78 is 41.2. The first-order valence-corrected chi connectivity index (χ1v) is 22.8. The van der Waals surface area contributed by atoms with Crippen molar-refractivity contribution in [1.82, 2.24) is 19.6 Å². The summed E-state index contributed by atoms with van der Waals surface area (Å²) in [5.74, 6) is -0.457. The van der Waals surface area contributed by atoms with E-state index < -0.39 is 31.4 Å². The van der Waals surface area contributed by atoms with Gasteiger partial charge in [0.15, 0.2) is 0 Å². The Morgan fingerprint density at radius 3 is 2.52 bits per heavy atom. The number of nitro benzene ring substituents is 1. The average Bonchev–Trinajstić information content (AvgIpc) is 3.72. The molecular formula is C45H48ClN7O7S. The van der Waals surface area contributed by atoms with Gasteiger partial charge in [0.25, 0.3) is 21.6 Å². The summed E-state index contributed by atoms with van der Waals surface area (Å²) in [4.78, 5) is 37.1. The van der Waals surface area contributed by atoms with Crippen molar-refractivity contribution in [3.63, 3.8) is 0 Å². The van der Waals surface area contributed by atoms with Crippen LogP contribution >= 0.6 is 11.6 Å². The summed E-state index contributed by atoms with van der Waals surface area (Å²) in [6.45, 7) is 5.11. The largest absolute Gasteiger partial charge is 0.455 e. The maximum absolute atomic E-state index is 13.9. The summed E-state index contributed by atoms with van der Waals surface area (Å²) in [5.41, 5.74) is 5.94. The third-order valence-electron chi connectivity index (χ3n) is 12.8. The SMILES string of the molecule is O=C(NS(=O)(=O)c1ccc(NC2CCOCC2)c([N+](=O)[O-])c1)c1ccc(N2CCN(CC3=C(c4ccc(Cl)cc4)CC4(CCC4)CC3)CC2)cc1Oc1cnc2[nH]ccc2c1. The Morgan fingerprint density at radius 1 is 1.00 bits per heavy atom. The third-order valence-corrected chi connectivity index (χ3v) is 14.4. The number of carbonyl (C=O) groups excluding carboxylic acids is 1. The minimum atomic E-state index is -4.55. The highest BCUT2D eigenvalue weighted by Crippen LogP contribution is 2.55. The Labute approximate surface area is 359 Å². The number of aromatic amines is 1. The van der Waals surface area contributed by atoms with Crippen LogP contribution in [0.2, 0.25) is 5.02 Å². The number of hydrogen-bond donors (Lipinski definition) is 3. The number of fused-ring (bicyclic) bond motifs is 1. The molecule has 1 amide bonds. The summed E-state index contributed by atoms with van der Waals surface area (Å²) in [6.07, 6.45) is 12.0. The summed E-state index contributed by atoms with van der Waals surface area (Å²) >= 11 is 6.27. The second kappa shape index (κ2) is 17.1. The monoisotopic (exact) mass is 865 g/mol. The zero-order valence-electron chi connectivity index (χ0n) is 33.7. The Bertz CT molecular complexity index is 2600. The minimum absolute atomic E-state index is 0.0318. The molecule has 0 bridgehead atoms. The van der Waals surface area contributed by atoms with E-state index in [-0.39, 0.29) is 23.0 Å². The first-order chi connectivity index (χ1) is 29.5. The van der Waals surface area contributed by atoms with E-state index in [9.17, 15) is 23.3 Å². The molecule has 9 rings (SSSR count). The second-order valence-electron chi connectivity index (χ2n) is 16.7. The Kier molecular flexibility index (Phi) is 11.5. The molecule has 2 aliphatic heterocycles. The fourth-order valence-electron chi connectivity index (χ4n) is 9.16. The number of halogens is 1. The number of nitro groups is 1. The van der Waals surface area contributed by atoms with Crippen LogP contribution in [0.5, 0.6) is 11.5 Å². The van der Waals surface area contributed by atoms with Gasteiger partial charge in [0.2, 0.25) is 0 Å². The number of ether oxygens (including phenoxy) is 2. The maximum Gasteiger partial charge on any atom is 0.293 e. The van der Waals surface area contributed by atoms with Crippen molar-refractivity contribution in [3.8, 4) is 11.5 Å². The molecule has 0 radical (unpaired) electrons. The Morgan fingerprint density at radius 2 is 1.79 bits per heavy atom. The number of piperazine rings is 1. The van der Waals surface area contributed by atoms with Crippen molar-refractivity contribution in [2.45, 2.75) is 62.3 Å². The number of sulfonamides is 1. The van der Waals surface area contributed by atoms with Gasteiger partial charge in [-0.1, -0.05) is 35.7 Å². The van der Waals surface area contributed by atoms with E-state index in [1.165, 1.54) is 60.7 Å². The normalized spacial score (nSPS) is 18.5. The van der Waals surface area contributed by atoms with Gasteiger partial charge in [-0.05, 0) is 110 Å². The number of hydrogen-bond acceptors (Lipinski definition) is 11. The first-order valence-electron chi connectivity index (χ1n) is 20.9. The van der Waals surface area contributed by atoms with Crippen molar-refractivity contribution in [2.24, 2.45) is 5.41 Å². The first kappa shape index (κ1) is 40.9. The summed E-state index contributed by atoms with van der Waals surface area (Å²) in [6, 6.07) is 20.5. The van der Waals surface area contributed by atoms with E-state index in [2.05, 4.69) is 41.9 Å². The number of benzene rings is 3. The van der Waals surface area contributed by atoms with Gasteiger partial charge in [-0.3, -0.25) is 19.8 Å². The van der Waals surface area contributed by atoms with Crippen LogP contribution in [0.15, 0.2) is 95.7 Å². The molecule has 1 saturated carbocycles. The topological polar surface area (TPSA) is 172 Å². The quantitative estimate of drug-likeness (QED) is 0.0811. The van der Waals surface area contributed by atoms with Gasteiger partial charge >= 0.3 is 0 Å². The highest BCUT2D eigenvalue weighted by Gasteiger charge is 2.41. The molecule has 0 unspecified atom stereocenters. The summed E-state index contributed by atoms with van der Waals surface area (Å²) in [5, 5.41) is 16.8. The number of nitrogens with one attached hydrogen (secondary N) is 3. The van der Waals surface area contributed by atoms with E-state index in [1.54, 1.807) is 30.5 Å². The van der Waals surface area contributed by atoms with Crippen LogP contribution in [-0.4, -0.2) is 86.1 Å². The van der Waals surface area contributed by atoms with Gasteiger partial charge in [0.1, 0.15) is 22.8 Å². The number of anilines is 2. The Balaban J connectivity index is 0.935. The van der Waals surface area contributed by atoms with Crippen molar-refractivity contribution in [2.75, 3.05) is 56.2 Å². The molecule has 2 aromatic heterocycles. The molecule has 3 aromatic carbocycles. The van der Waals surface area contributed by atoms with Crippen LogP contribution in [0.4, 0.5) is 17.1 Å². The molecule has 4 aliphatic rings. The van der Waals surface area contributed by atoms with Crippen LogP contribution in [0.3, 0.4) is 0 Å². The Hall–Kier alpha value is -5.48. The van der Waals surface area contributed by atoms with Crippen LogP contribution < -0.4 is 19.7 Å². The fourth-order valence-corrected chi connectivity index (χ4v) is 10.3. The van der Waals surface area contributed by atoms with Crippen molar-refractivity contribution >= 4 is 61.2 Å². The predicted molar refractivity (Wildman–Crippen MR) is 235 cm³/mol. The number of amides is 1. The minimum Gasteiger partial charge on any atom is -0.455 e. The van der Waals surface area contributed by atoms with Crippen LogP contribution in [0, 0.1) is 15.5 Å². The fraction of sp³-hybridized carbons (Fsp3) is 0.378. The molecule has 1 spiro atoms. The van der Waals surface area contributed by atoms with E-state index in [1.807, 2.05) is 18.2 Å². The van der Waals surface area contributed by atoms with E-state index in [0.717, 1.165) is 67.7 Å². The van der Waals surface area contributed by atoms with Gasteiger partial charge in [-0.2, -0.15) is 0 Å². The molecule has 5 aromatic rings. The van der Waals surface area contributed by atoms with Gasteiger partial charge in [0, 0.05) is 86.4 Å². The lowest BCUT2D eigenvalue weighted by molar-refractivity contribution is -0.384. The highest BCUT2D eigenvalue weighted by molar-refractivity contribution is 7.90. The predicted octanol–water partition coefficient (Wildman–Crippen LogP) is 8.56. The van der Waals surface area contributed by atoms with Crippen molar-refractivity contribution in [1.29, 1.82) is 0 Å². The number of aromatic nitrogens is 2. The van der Waals surface area contributed by atoms with Crippen molar-refractivity contribution < 1.29 is 27.6 Å². The molecule has 3 fully saturated rings. The van der Waals surface area contributed by atoms with Gasteiger partial charge in [0.05, 0.1) is 21.6 Å². The lowest BCUT2D eigenvalue weighted by Gasteiger charge is -2.47. The molecule has 3 N–H and O–H groups in total. The summed E-state index contributed by atoms with van der Waals surface area (Å²) in [7, 11) is -4.55. The van der Waals surface area contributed by atoms with Gasteiger partial charge in [-0.15, -0.1) is 0 Å². The molecular weight excluding hydrogens is 818 g/mol. The standard InChI is InChI=1S/C45H48ClN7O7S/c46-33-4-2-30(3-5-33)39-27-45(14-1-15-45)16-10-32(39)29-51-18-20-52(21-19-51)35-6-8-38(42(25-35)60-36-24-31-11-17-47-43(31)48-28-36)44(54)50-61(57,58)37-7-9-40(41(26-37)53(55)56)49-34-12-22-59-23-13-34/h2-9,11,17,24-26,28,34,49H,1,10,12-16,18-23,27,29H2,(H,47,48)(H,50,54). The van der Waals surface area contributed by atoms with Gasteiger partial charge < -0.3 is 24.7 Å². The molecule has 16 heteroatoms. The zero-order chi connectivity index (χ0) is 42.1. The number of allylic oxidation sites excluding steroid dienone is 1. The maximum atomic E-state index is 13.9. The molecule has 2 aliphatic carbocycles. The lowest BCUT2D eigenvalue weighted by atomic mass is 9.59. The number of H-pyrrole nitrogens is 1. The molecule has 0 atom stereocenters. The third kappa shape index (κ3) is 8.96. The number of carbonyl (C=O) groups is 1. The van der Waals surface area contributed by atoms with E-state index in [0.29, 0.717) is 42.9 Å². The molecule has 14 nitrogen and oxygen atoms in total. The van der Waals surface area contributed by atoms with E-state index >= 15 is 0 Å². The van der Waals surface area contributed by atoms with Crippen LogP contribution in [-0.2, 0) is 14.8 Å². The molecule has 318 valence electrons. The smallest absolute Gasteiger partial charge is 0.293 e. The molecule has 4 heterocycles. The van der Waals surface area contributed by atoms with Crippen LogP contribution in [0.25, 0.3) is 16.6 Å². The molecule has 61 heavy (non-hydrogen) atoms. The number of nitrogens with zero attached hydrogens (tertiary/aromatic N) is 4. The lowest BCUT2D eigenvalue weighted by Crippen LogP contribution is -2.47. The average molecular weight is 866 g/mol. The van der Waals surface area contributed by atoms with Gasteiger partial charge in [-0.25, -0.2) is 18.1 Å². The highest BCUT2D eigenvalue weighted by atomic mass is 35.5. The molecule has 2 saturated heterocycles. The second-order valence-corrected chi connectivity index (χ2v) is 18.8. The zero-order valence-corrected chi connectivity index (χ0v) is 35.3. The number of pyridine rings is 1. The van der Waals surface area contributed by atoms with E-state index in [4.69, 9.17) is 21.1 Å². The van der Waals surface area contributed by atoms with Crippen molar-refractivity contribution in [3.05, 3.63) is 117 Å². The number of rotatable bonds is 12.